The summed E-state index contributed by atoms with van der Waals surface area (Å²) < 4.78 is 28.4. The first kappa shape index (κ1) is 17.0. The van der Waals surface area contributed by atoms with Crippen LogP contribution in [0.3, 0.4) is 0 Å². The fourth-order valence-electron chi connectivity index (χ4n) is 2.50. The lowest BCUT2D eigenvalue weighted by atomic mass is 10.2. The number of fused-ring (bicyclic) bond motifs is 1. The number of H-pyrrole nitrogens is 1. The van der Waals surface area contributed by atoms with Crippen LogP contribution in [0.15, 0.2) is 41.8 Å². The van der Waals surface area contributed by atoms with Crippen molar-refractivity contribution in [3.8, 4) is 0 Å². The normalized spacial score (nSPS) is 12.0. The Morgan fingerprint density at radius 3 is 2.84 bits per heavy atom. The number of anilines is 1. The molecule has 0 bridgehead atoms. The number of nitrogen functional groups attached to an aromatic ring is 1. The third-order valence-corrected chi connectivity index (χ3v) is 4.79. The zero-order chi connectivity index (χ0) is 18.2. The number of nitrogens with two attached hydrogens (primary N) is 1. The molecule has 2 aromatic heterocycles. The minimum absolute atomic E-state index is 0.130. The summed E-state index contributed by atoms with van der Waals surface area (Å²) in [5.74, 6) is -0.411. The van der Waals surface area contributed by atoms with Gasteiger partial charge in [-0.25, -0.2) is 9.71 Å². The molecule has 0 aliphatic carbocycles. The second-order valence-electron chi connectivity index (χ2n) is 6.27. The molecule has 4 N–H and O–H groups in total. The van der Waals surface area contributed by atoms with E-state index in [1.54, 1.807) is 28.8 Å². The van der Waals surface area contributed by atoms with Crippen molar-refractivity contribution in [1.82, 2.24) is 19.3 Å². The number of imidazole rings is 1. The van der Waals surface area contributed by atoms with Crippen LogP contribution in [0.5, 0.6) is 0 Å². The molecule has 0 aliphatic heterocycles. The van der Waals surface area contributed by atoms with Crippen molar-refractivity contribution in [2.45, 2.75) is 25.4 Å². The molecule has 3 rings (SSSR count). The first-order valence-corrected chi connectivity index (χ1v) is 9.20. The van der Waals surface area contributed by atoms with Gasteiger partial charge in [0, 0.05) is 29.3 Å². The molecule has 25 heavy (non-hydrogen) atoms. The molecular weight excluding hydrogens is 342 g/mol. The number of carbonyl (C=O) groups excluding carboxylic acids is 1. The van der Waals surface area contributed by atoms with Gasteiger partial charge in [-0.3, -0.25) is 4.79 Å². The molecule has 1 aromatic carbocycles. The van der Waals surface area contributed by atoms with Crippen molar-refractivity contribution in [2.24, 2.45) is 5.92 Å². The van der Waals surface area contributed by atoms with Crippen LogP contribution in [-0.2, 0) is 16.6 Å². The van der Waals surface area contributed by atoms with Gasteiger partial charge in [-0.2, -0.15) is 8.42 Å². The average molecular weight is 361 g/mol. The van der Waals surface area contributed by atoms with E-state index in [2.05, 4.69) is 9.97 Å². The summed E-state index contributed by atoms with van der Waals surface area (Å²) in [5.41, 5.74) is 7.08. The topological polar surface area (TPSA) is 123 Å². The lowest BCUT2D eigenvalue weighted by Crippen LogP contribution is -2.31. The van der Waals surface area contributed by atoms with Crippen LogP contribution in [0.2, 0.25) is 0 Å². The third-order valence-electron chi connectivity index (χ3n) is 3.58. The highest BCUT2D eigenvalue weighted by Crippen LogP contribution is 2.18. The van der Waals surface area contributed by atoms with Crippen molar-refractivity contribution < 1.29 is 13.2 Å². The number of nitrogens with one attached hydrogen (secondary N) is 2. The Morgan fingerprint density at radius 1 is 1.36 bits per heavy atom. The zero-order valence-corrected chi connectivity index (χ0v) is 14.7. The van der Waals surface area contributed by atoms with E-state index in [4.69, 9.17) is 5.73 Å². The maximum Gasteiger partial charge on any atom is 0.283 e. The number of benzene rings is 1. The second-order valence-corrected chi connectivity index (χ2v) is 7.90. The lowest BCUT2D eigenvalue weighted by Gasteiger charge is -2.05. The number of hydrogen-bond acceptors (Lipinski definition) is 5. The molecule has 1 amide bonds. The molecule has 0 spiro atoms. The Labute approximate surface area is 145 Å². The Morgan fingerprint density at radius 2 is 2.12 bits per heavy atom. The molecule has 0 atom stereocenters. The molecule has 9 heteroatoms. The van der Waals surface area contributed by atoms with Gasteiger partial charge in [0.1, 0.15) is 5.69 Å². The largest absolute Gasteiger partial charge is 0.399 e. The van der Waals surface area contributed by atoms with Crippen LogP contribution >= 0.6 is 0 Å². The summed E-state index contributed by atoms with van der Waals surface area (Å²) in [6, 6.07) is 6.67. The van der Waals surface area contributed by atoms with Crippen LogP contribution in [0.25, 0.3) is 10.9 Å². The molecule has 0 aliphatic rings. The number of hydrogen-bond donors (Lipinski definition) is 3. The number of rotatable bonds is 5. The van der Waals surface area contributed by atoms with Crippen LogP contribution in [0, 0.1) is 5.92 Å². The number of aromatic nitrogens is 3. The maximum atomic E-state index is 12.3. The first-order chi connectivity index (χ1) is 11.7. The standard InChI is InChI=1S/C16H19N5O3S/c1-10(2)7-21-8-15(18-9-21)25(23,24)20-16(22)14-6-11-5-12(17)3-4-13(11)19-14/h3-6,8-10,19H,7,17H2,1-2H3,(H,20,22). The molecule has 0 radical (unpaired) electrons. The molecular formula is C16H19N5O3S. The van der Waals surface area contributed by atoms with E-state index in [0.717, 1.165) is 5.39 Å². The Balaban J connectivity index is 1.81. The number of sulfonamides is 1. The van der Waals surface area contributed by atoms with E-state index >= 15 is 0 Å². The van der Waals surface area contributed by atoms with Gasteiger partial charge in [0.2, 0.25) is 0 Å². The predicted octanol–water partition coefficient (Wildman–Crippen LogP) is 1.72. The molecule has 3 aromatic rings. The van der Waals surface area contributed by atoms with Gasteiger partial charge in [-0.15, -0.1) is 0 Å². The molecule has 132 valence electrons. The molecule has 0 saturated carbocycles. The minimum Gasteiger partial charge on any atom is -0.399 e. The predicted molar refractivity (Wildman–Crippen MR) is 94.4 cm³/mol. The van der Waals surface area contributed by atoms with Crippen LogP contribution in [0.4, 0.5) is 5.69 Å². The fourth-order valence-corrected chi connectivity index (χ4v) is 3.42. The minimum atomic E-state index is -4.04. The highest BCUT2D eigenvalue weighted by Gasteiger charge is 2.22. The summed E-state index contributed by atoms with van der Waals surface area (Å²) in [6.07, 6.45) is 2.84. The van der Waals surface area contributed by atoms with Crippen molar-refractivity contribution in [1.29, 1.82) is 0 Å². The molecule has 0 saturated heterocycles. The van der Waals surface area contributed by atoms with Crippen molar-refractivity contribution >= 4 is 32.5 Å². The van der Waals surface area contributed by atoms with Crippen LogP contribution < -0.4 is 10.5 Å². The van der Waals surface area contributed by atoms with Gasteiger partial charge in [-0.1, -0.05) is 13.8 Å². The molecule has 2 heterocycles. The van der Waals surface area contributed by atoms with Crippen LogP contribution in [0.1, 0.15) is 24.3 Å². The van der Waals surface area contributed by atoms with Crippen molar-refractivity contribution in [3.05, 3.63) is 42.5 Å². The average Bonchev–Trinajstić information content (AvgIpc) is 3.12. The van der Waals surface area contributed by atoms with Crippen molar-refractivity contribution in [2.75, 3.05) is 5.73 Å². The highest BCUT2D eigenvalue weighted by atomic mass is 32.2. The number of nitrogens with zero attached hydrogens (tertiary/aromatic N) is 2. The number of amides is 1. The van der Waals surface area contributed by atoms with Crippen LogP contribution in [-0.4, -0.2) is 28.9 Å². The summed E-state index contributed by atoms with van der Waals surface area (Å²) >= 11 is 0. The van der Waals surface area contributed by atoms with E-state index in [1.807, 2.05) is 18.6 Å². The van der Waals surface area contributed by atoms with Gasteiger partial charge >= 0.3 is 0 Å². The third kappa shape index (κ3) is 3.66. The van der Waals surface area contributed by atoms with E-state index in [0.29, 0.717) is 23.7 Å². The first-order valence-electron chi connectivity index (χ1n) is 7.72. The monoisotopic (exact) mass is 361 g/mol. The Bertz CT molecular complexity index is 1030. The summed E-state index contributed by atoms with van der Waals surface area (Å²) in [5, 5.41) is 0.533. The second kappa shape index (κ2) is 6.25. The van der Waals surface area contributed by atoms with Gasteiger partial charge in [0.25, 0.3) is 15.9 Å². The number of carbonyl (C=O) groups is 1. The summed E-state index contributed by atoms with van der Waals surface area (Å²) in [4.78, 5) is 19.0. The van der Waals surface area contributed by atoms with E-state index in [1.165, 1.54) is 12.5 Å². The van der Waals surface area contributed by atoms with Gasteiger partial charge in [0.05, 0.1) is 6.33 Å². The Hall–Kier alpha value is -2.81. The number of aromatic amines is 1. The van der Waals surface area contributed by atoms with Gasteiger partial charge in [-0.05, 0) is 30.2 Å². The zero-order valence-electron chi connectivity index (χ0n) is 13.9. The molecule has 0 fully saturated rings. The lowest BCUT2D eigenvalue weighted by molar-refractivity contribution is 0.0977. The quantitative estimate of drug-likeness (QED) is 0.597. The Kier molecular flexibility index (Phi) is 4.25. The van der Waals surface area contributed by atoms with Crippen molar-refractivity contribution in [3.63, 3.8) is 0 Å². The molecule has 0 unspecified atom stereocenters. The smallest absolute Gasteiger partial charge is 0.283 e. The van der Waals surface area contributed by atoms with E-state index < -0.39 is 15.9 Å². The maximum absolute atomic E-state index is 12.3. The molecule has 8 nitrogen and oxygen atoms in total. The van der Waals surface area contributed by atoms with Gasteiger partial charge in [0.15, 0.2) is 5.03 Å². The van der Waals surface area contributed by atoms with E-state index in [-0.39, 0.29) is 10.7 Å². The summed E-state index contributed by atoms with van der Waals surface area (Å²) in [7, 11) is -4.04. The van der Waals surface area contributed by atoms with Gasteiger partial charge < -0.3 is 15.3 Å². The summed E-state index contributed by atoms with van der Waals surface area (Å²) in [6.45, 7) is 4.66. The highest BCUT2D eigenvalue weighted by molar-refractivity contribution is 7.90. The fraction of sp³-hybridized carbons (Fsp3) is 0.250. The SMILES string of the molecule is CC(C)Cn1cnc(S(=O)(=O)NC(=O)c2cc3cc(N)ccc3[nH]2)c1. The van der Waals surface area contributed by atoms with E-state index in [9.17, 15) is 13.2 Å².